The van der Waals surface area contributed by atoms with E-state index in [0.717, 1.165) is 32.3 Å². The number of hydrogen-bond acceptors (Lipinski definition) is 7. The average molecular weight is 636 g/mol. The lowest BCUT2D eigenvalue weighted by atomic mass is 10.1. The van der Waals surface area contributed by atoms with Crippen LogP contribution >= 0.6 is 34.4 Å². The van der Waals surface area contributed by atoms with Crippen molar-refractivity contribution in [1.82, 2.24) is 9.80 Å². The topological polar surface area (TPSA) is 79.4 Å². The van der Waals surface area contributed by atoms with Crippen molar-refractivity contribution in [2.45, 2.75) is 26.4 Å². The van der Waals surface area contributed by atoms with Crippen LogP contribution in [0.3, 0.4) is 0 Å². The molecule has 0 N–H and O–H groups in total. The van der Waals surface area contributed by atoms with Crippen LogP contribution in [0, 0.1) is 3.57 Å². The lowest BCUT2D eigenvalue weighted by molar-refractivity contribution is -0.136. The summed E-state index contributed by atoms with van der Waals surface area (Å²) in [5.74, 6) is 0.530. The number of imide groups is 1. The summed E-state index contributed by atoms with van der Waals surface area (Å²) < 4.78 is 12.4. The molecule has 2 aliphatic rings. The van der Waals surface area contributed by atoms with Gasteiger partial charge in [0.1, 0.15) is 6.54 Å². The summed E-state index contributed by atoms with van der Waals surface area (Å²) in [5, 5.41) is -0.439. The highest BCUT2D eigenvalue weighted by molar-refractivity contribution is 14.1. The van der Waals surface area contributed by atoms with Crippen LogP contribution in [-0.2, 0) is 9.59 Å². The number of halogens is 1. The van der Waals surface area contributed by atoms with Crippen molar-refractivity contribution in [2.75, 3.05) is 44.7 Å². The Morgan fingerprint density at radius 2 is 1.84 bits per heavy atom. The fourth-order valence-corrected chi connectivity index (χ4v) is 5.69. The van der Waals surface area contributed by atoms with Gasteiger partial charge in [-0.3, -0.25) is 19.3 Å². The highest BCUT2D eigenvalue weighted by atomic mass is 127. The molecular formula is C27H30IN3O5S. The third-order valence-corrected chi connectivity index (χ3v) is 8.07. The highest BCUT2D eigenvalue weighted by Crippen LogP contribution is 2.38. The number of piperazine rings is 1. The van der Waals surface area contributed by atoms with E-state index in [1.807, 2.05) is 50.2 Å². The molecule has 0 bridgehead atoms. The van der Waals surface area contributed by atoms with Crippen molar-refractivity contribution in [3.63, 3.8) is 0 Å². The van der Waals surface area contributed by atoms with E-state index in [0.29, 0.717) is 43.2 Å². The molecule has 0 radical (unpaired) electrons. The molecule has 0 saturated carbocycles. The number of anilines is 1. The van der Waals surface area contributed by atoms with Crippen LogP contribution < -0.4 is 14.4 Å². The minimum Gasteiger partial charge on any atom is -0.493 e. The zero-order valence-corrected chi connectivity index (χ0v) is 24.1. The number of thioether (sulfide) groups is 1. The molecule has 3 amide bonds. The first kappa shape index (κ1) is 27.3. The standard InChI is InChI=1S/C27H30IN3O5S/c1-4-18(2)36-25-21(28)14-19(15-22(25)35-3)16-23-26(33)31(27(34)37-23)17-24(32)30-12-10-29(11-13-30)20-8-6-5-7-9-20/h5-9,14-16,18H,4,10-13,17H2,1-3H3/b23-16+/t18-/m0/s1. The van der Waals surface area contributed by atoms with E-state index in [1.54, 1.807) is 24.2 Å². The SMILES string of the molecule is CC[C@H](C)Oc1c(I)cc(/C=C2/SC(=O)N(CC(=O)N3CCN(c4ccccc4)CC3)C2=O)cc1OC. The van der Waals surface area contributed by atoms with Gasteiger partial charge in [0.05, 0.1) is 21.7 Å². The fraction of sp³-hybridized carbons (Fsp3) is 0.370. The van der Waals surface area contributed by atoms with E-state index in [4.69, 9.17) is 9.47 Å². The average Bonchev–Trinajstić information content (AvgIpc) is 3.17. The summed E-state index contributed by atoms with van der Waals surface area (Å²) in [6.07, 6.45) is 2.55. The Morgan fingerprint density at radius 3 is 2.49 bits per heavy atom. The van der Waals surface area contributed by atoms with Gasteiger partial charge in [-0.05, 0) is 83.6 Å². The van der Waals surface area contributed by atoms with Gasteiger partial charge in [-0.2, -0.15) is 0 Å². The predicted molar refractivity (Wildman–Crippen MR) is 154 cm³/mol. The van der Waals surface area contributed by atoms with Gasteiger partial charge in [-0.25, -0.2) is 0 Å². The van der Waals surface area contributed by atoms with Crippen molar-refractivity contribution in [2.24, 2.45) is 0 Å². The van der Waals surface area contributed by atoms with Gasteiger partial charge in [0.15, 0.2) is 11.5 Å². The maximum Gasteiger partial charge on any atom is 0.294 e. The van der Waals surface area contributed by atoms with Crippen molar-refractivity contribution < 1.29 is 23.9 Å². The molecule has 2 aromatic carbocycles. The third kappa shape index (κ3) is 6.40. The number of ether oxygens (including phenoxy) is 2. The lowest BCUT2D eigenvalue weighted by Gasteiger charge is -2.36. The molecule has 2 heterocycles. The van der Waals surface area contributed by atoms with E-state index < -0.39 is 11.1 Å². The van der Waals surface area contributed by atoms with Crippen LogP contribution in [0.2, 0.25) is 0 Å². The Labute approximate surface area is 235 Å². The molecule has 37 heavy (non-hydrogen) atoms. The van der Waals surface area contributed by atoms with E-state index in [9.17, 15) is 14.4 Å². The normalized spacial score (nSPS) is 17.9. The summed E-state index contributed by atoms with van der Waals surface area (Å²) in [6, 6.07) is 13.7. The molecule has 2 fully saturated rings. The number of rotatable bonds is 8. The number of carbonyl (C=O) groups excluding carboxylic acids is 3. The number of para-hydroxylation sites is 1. The molecular weight excluding hydrogens is 605 g/mol. The summed E-state index contributed by atoms with van der Waals surface area (Å²) >= 11 is 3.02. The Kier molecular flexibility index (Phi) is 9.01. The maximum absolute atomic E-state index is 13.0. The Balaban J connectivity index is 1.41. The second-order valence-corrected chi connectivity index (χ2v) is 11.0. The lowest BCUT2D eigenvalue weighted by Crippen LogP contribution is -2.51. The number of amides is 3. The summed E-state index contributed by atoms with van der Waals surface area (Å²) in [4.78, 5) is 43.9. The van der Waals surface area contributed by atoms with Gasteiger partial charge in [0, 0.05) is 31.9 Å². The molecule has 2 aromatic rings. The van der Waals surface area contributed by atoms with Crippen molar-refractivity contribution in [3.05, 3.63) is 56.5 Å². The van der Waals surface area contributed by atoms with Crippen molar-refractivity contribution in [3.8, 4) is 11.5 Å². The Hall–Kier alpha value is -2.73. The van der Waals surface area contributed by atoms with Crippen molar-refractivity contribution in [1.29, 1.82) is 0 Å². The number of nitrogens with zero attached hydrogens (tertiary/aromatic N) is 3. The molecule has 1 atom stereocenters. The molecule has 4 rings (SSSR count). The highest BCUT2D eigenvalue weighted by Gasteiger charge is 2.37. The van der Waals surface area contributed by atoms with Crippen LogP contribution in [0.5, 0.6) is 11.5 Å². The Bertz CT molecular complexity index is 1200. The number of carbonyl (C=O) groups is 3. The zero-order chi connectivity index (χ0) is 26.5. The number of benzene rings is 2. The Morgan fingerprint density at radius 1 is 1.14 bits per heavy atom. The first-order valence-electron chi connectivity index (χ1n) is 12.2. The molecule has 0 aromatic heterocycles. The van der Waals surface area contributed by atoms with Gasteiger partial charge in [0.2, 0.25) is 5.91 Å². The number of hydrogen-bond donors (Lipinski definition) is 0. The first-order chi connectivity index (χ1) is 17.8. The second kappa shape index (κ2) is 12.2. The monoisotopic (exact) mass is 635 g/mol. The minimum absolute atomic E-state index is 0.0311. The first-order valence-corrected chi connectivity index (χ1v) is 14.1. The third-order valence-electron chi connectivity index (χ3n) is 6.36. The van der Waals surface area contributed by atoms with E-state index >= 15 is 0 Å². The molecule has 2 aliphatic heterocycles. The largest absolute Gasteiger partial charge is 0.493 e. The predicted octanol–water partition coefficient (Wildman–Crippen LogP) is 4.86. The summed E-state index contributed by atoms with van der Waals surface area (Å²) in [5.41, 5.74) is 1.84. The molecule has 10 heteroatoms. The van der Waals surface area contributed by atoms with E-state index in [2.05, 4.69) is 27.5 Å². The van der Waals surface area contributed by atoms with E-state index in [1.165, 1.54) is 0 Å². The fourth-order valence-electron chi connectivity index (χ4n) is 4.10. The van der Waals surface area contributed by atoms with E-state index in [-0.39, 0.29) is 23.5 Å². The number of methoxy groups -OCH3 is 1. The van der Waals surface area contributed by atoms with Gasteiger partial charge in [0.25, 0.3) is 11.1 Å². The van der Waals surface area contributed by atoms with Crippen molar-refractivity contribution >= 4 is 63.2 Å². The molecule has 2 saturated heterocycles. The zero-order valence-electron chi connectivity index (χ0n) is 21.1. The van der Waals surface area contributed by atoms with Gasteiger partial charge in [-0.15, -0.1) is 0 Å². The van der Waals surface area contributed by atoms with Gasteiger partial charge in [-0.1, -0.05) is 25.1 Å². The molecule has 8 nitrogen and oxygen atoms in total. The summed E-state index contributed by atoms with van der Waals surface area (Å²) in [6.45, 7) is 6.28. The van der Waals surface area contributed by atoms with Crippen LogP contribution in [0.25, 0.3) is 6.08 Å². The molecule has 0 unspecified atom stereocenters. The van der Waals surface area contributed by atoms with Crippen LogP contribution in [0.4, 0.5) is 10.5 Å². The smallest absolute Gasteiger partial charge is 0.294 e. The quantitative estimate of drug-likeness (QED) is 0.303. The van der Waals surface area contributed by atoms with Crippen LogP contribution in [0.15, 0.2) is 47.4 Å². The minimum atomic E-state index is -0.458. The van der Waals surface area contributed by atoms with Gasteiger partial charge < -0.3 is 19.3 Å². The van der Waals surface area contributed by atoms with Gasteiger partial charge >= 0.3 is 0 Å². The molecule has 196 valence electrons. The molecule has 0 aliphatic carbocycles. The summed E-state index contributed by atoms with van der Waals surface area (Å²) in [7, 11) is 1.57. The molecule has 0 spiro atoms. The van der Waals surface area contributed by atoms with Crippen LogP contribution in [-0.4, -0.2) is 72.8 Å². The van der Waals surface area contributed by atoms with Crippen LogP contribution in [0.1, 0.15) is 25.8 Å². The maximum atomic E-state index is 13.0. The second-order valence-electron chi connectivity index (χ2n) is 8.84.